The first-order valence-electron chi connectivity index (χ1n) is 12.0. The molecular formula is C31H28O6. The van der Waals surface area contributed by atoms with Gasteiger partial charge in [-0.2, -0.15) is 0 Å². The fourth-order valence-electron chi connectivity index (χ4n) is 4.40. The SMILES string of the molecule is COc1ccc(C(=O)C(CC2=C(O)C(=O)c3ccccc3C2=O)C(=O)c2ccc(C(C)(C)C)cc2)cc1. The van der Waals surface area contributed by atoms with Crippen molar-refractivity contribution in [2.75, 3.05) is 7.11 Å². The molecule has 0 aliphatic heterocycles. The van der Waals surface area contributed by atoms with Crippen LogP contribution in [0.3, 0.4) is 0 Å². The molecule has 37 heavy (non-hydrogen) atoms. The molecule has 1 aliphatic rings. The zero-order valence-corrected chi connectivity index (χ0v) is 21.2. The Morgan fingerprint density at radius 2 is 1.27 bits per heavy atom. The van der Waals surface area contributed by atoms with Crippen molar-refractivity contribution in [2.24, 2.45) is 5.92 Å². The minimum Gasteiger partial charge on any atom is -0.504 e. The number of Topliss-reactive ketones (excluding diaryl/α,β-unsaturated/α-hetero) is 4. The van der Waals surface area contributed by atoms with Crippen molar-refractivity contribution >= 4 is 23.1 Å². The number of benzene rings is 3. The molecule has 0 bridgehead atoms. The summed E-state index contributed by atoms with van der Waals surface area (Å²) in [5.74, 6) is -3.81. The van der Waals surface area contributed by atoms with Crippen molar-refractivity contribution < 1.29 is 29.0 Å². The van der Waals surface area contributed by atoms with E-state index in [1.54, 1.807) is 48.5 Å². The molecule has 0 radical (unpaired) electrons. The molecule has 1 unspecified atom stereocenters. The molecule has 6 heteroatoms. The number of fused-ring (bicyclic) bond motifs is 1. The van der Waals surface area contributed by atoms with E-state index in [0.29, 0.717) is 11.3 Å². The molecule has 3 aromatic carbocycles. The van der Waals surface area contributed by atoms with Gasteiger partial charge in [-0.15, -0.1) is 0 Å². The van der Waals surface area contributed by atoms with Crippen LogP contribution in [-0.4, -0.2) is 35.3 Å². The predicted octanol–water partition coefficient (Wildman–Crippen LogP) is 5.96. The summed E-state index contributed by atoms with van der Waals surface area (Å²) >= 11 is 0. The number of carbonyl (C=O) groups is 4. The maximum Gasteiger partial charge on any atom is 0.228 e. The van der Waals surface area contributed by atoms with E-state index >= 15 is 0 Å². The smallest absolute Gasteiger partial charge is 0.228 e. The van der Waals surface area contributed by atoms with Crippen LogP contribution in [0, 0.1) is 5.92 Å². The van der Waals surface area contributed by atoms with Crippen molar-refractivity contribution in [3.05, 3.63) is 112 Å². The van der Waals surface area contributed by atoms with E-state index in [0.717, 1.165) is 5.56 Å². The summed E-state index contributed by atoms with van der Waals surface area (Å²) in [6, 6.07) is 19.5. The van der Waals surface area contributed by atoms with E-state index in [1.165, 1.54) is 19.2 Å². The van der Waals surface area contributed by atoms with E-state index in [9.17, 15) is 24.3 Å². The Morgan fingerprint density at radius 1 is 0.784 bits per heavy atom. The first-order chi connectivity index (χ1) is 17.5. The van der Waals surface area contributed by atoms with Crippen LogP contribution in [0.15, 0.2) is 84.1 Å². The van der Waals surface area contributed by atoms with Crippen molar-refractivity contribution in [3.63, 3.8) is 0 Å². The molecule has 1 aliphatic carbocycles. The van der Waals surface area contributed by atoms with Gasteiger partial charge in [-0.1, -0.05) is 69.3 Å². The van der Waals surface area contributed by atoms with E-state index in [2.05, 4.69) is 20.8 Å². The number of aliphatic hydroxyl groups excluding tert-OH is 1. The largest absolute Gasteiger partial charge is 0.504 e. The van der Waals surface area contributed by atoms with Crippen LogP contribution in [0.5, 0.6) is 5.75 Å². The molecule has 0 saturated carbocycles. The number of methoxy groups -OCH3 is 1. The van der Waals surface area contributed by atoms with Crippen molar-refractivity contribution in [2.45, 2.75) is 32.6 Å². The third-order valence-electron chi connectivity index (χ3n) is 6.64. The Bertz CT molecular complexity index is 1420. The van der Waals surface area contributed by atoms with Crippen molar-refractivity contribution in [1.29, 1.82) is 0 Å². The highest BCUT2D eigenvalue weighted by Gasteiger charge is 2.37. The van der Waals surface area contributed by atoms with Gasteiger partial charge in [0, 0.05) is 27.8 Å². The first kappa shape index (κ1) is 25.8. The highest BCUT2D eigenvalue weighted by Crippen LogP contribution is 2.32. The lowest BCUT2D eigenvalue weighted by Gasteiger charge is -2.22. The number of hydrogen-bond donors (Lipinski definition) is 1. The highest BCUT2D eigenvalue weighted by atomic mass is 16.5. The molecule has 1 atom stereocenters. The quantitative estimate of drug-likeness (QED) is 0.320. The first-order valence-corrected chi connectivity index (χ1v) is 12.0. The maximum atomic E-state index is 13.7. The third-order valence-corrected chi connectivity index (χ3v) is 6.64. The molecule has 188 valence electrons. The number of aliphatic hydroxyl groups is 1. The summed E-state index contributed by atoms with van der Waals surface area (Å²) in [6.45, 7) is 6.16. The minimum atomic E-state index is -1.33. The Hall–Kier alpha value is -4.32. The molecule has 6 nitrogen and oxygen atoms in total. The van der Waals surface area contributed by atoms with Crippen molar-refractivity contribution in [3.8, 4) is 5.75 Å². The molecule has 3 aromatic rings. The molecule has 0 aromatic heterocycles. The summed E-state index contributed by atoms with van der Waals surface area (Å²) in [5.41, 5.74) is 1.44. The van der Waals surface area contributed by atoms with E-state index in [4.69, 9.17) is 4.74 Å². The second-order valence-corrected chi connectivity index (χ2v) is 10.1. The average Bonchev–Trinajstić information content (AvgIpc) is 2.91. The summed E-state index contributed by atoms with van der Waals surface area (Å²) in [4.78, 5) is 53.4. The molecule has 0 heterocycles. The van der Waals surface area contributed by atoms with E-state index < -0.39 is 41.2 Å². The topological polar surface area (TPSA) is 97.7 Å². The van der Waals surface area contributed by atoms with Gasteiger partial charge in [-0.25, -0.2) is 0 Å². The second kappa shape index (κ2) is 9.97. The van der Waals surface area contributed by atoms with Gasteiger partial charge >= 0.3 is 0 Å². The zero-order chi connectivity index (χ0) is 26.9. The third kappa shape index (κ3) is 5.00. The fraction of sp³-hybridized carbons (Fsp3) is 0.226. The van der Waals surface area contributed by atoms with Crippen LogP contribution in [0.4, 0.5) is 0 Å². The predicted molar refractivity (Wildman–Crippen MR) is 140 cm³/mol. The number of carbonyl (C=O) groups excluding carboxylic acids is 4. The normalized spacial score (nSPS) is 14.3. The van der Waals surface area contributed by atoms with Gasteiger partial charge in [0.05, 0.1) is 13.0 Å². The van der Waals surface area contributed by atoms with Gasteiger partial charge in [-0.3, -0.25) is 19.2 Å². The molecule has 1 N–H and O–H groups in total. The summed E-state index contributed by atoms with van der Waals surface area (Å²) < 4.78 is 5.16. The van der Waals surface area contributed by atoms with Crippen LogP contribution in [0.1, 0.15) is 74.2 Å². The Morgan fingerprint density at radius 3 is 1.76 bits per heavy atom. The average molecular weight is 497 g/mol. The molecule has 0 spiro atoms. The molecule has 0 amide bonds. The Labute approximate surface area is 215 Å². The fourth-order valence-corrected chi connectivity index (χ4v) is 4.40. The summed E-state index contributed by atoms with van der Waals surface area (Å²) in [6.07, 6.45) is -0.407. The van der Waals surface area contributed by atoms with Gasteiger partial charge in [0.2, 0.25) is 5.78 Å². The lowest BCUT2D eigenvalue weighted by Crippen LogP contribution is -2.30. The molecule has 0 fully saturated rings. The van der Waals surface area contributed by atoms with Gasteiger partial charge in [0.25, 0.3) is 0 Å². The standard InChI is InChI=1S/C31H28O6/c1-31(2,3)20-13-9-18(10-14-20)26(32)24(27(33)19-11-15-21(37-4)16-12-19)17-25-28(34)22-7-5-6-8-23(22)29(35)30(25)36/h5-16,24,36H,17H2,1-4H3. The van der Waals surface area contributed by atoms with E-state index in [-0.39, 0.29) is 27.7 Å². The van der Waals surface area contributed by atoms with Gasteiger partial charge in [-0.05, 0) is 41.7 Å². The number of rotatable bonds is 7. The summed E-state index contributed by atoms with van der Waals surface area (Å²) in [5, 5.41) is 10.7. The zero-order valence-electron chi connectivity index (χ0n) is 21.2. The number of ether oxygens (including phenoxy) is 1. The van der Waals surface area contributed by atoms with Crippen LogP contribution in [-0.2, 0) is 5.41 Å². The Balaban J connectivity index is 1.75. The monoisotopic (exact) mass is 496 g/mol. The lowest BCUT2D eigenvalue weighted by molar-refractivity contribution is 0.0798. The van der Waals surface area contributed by atoms with E-state index in [1.807, 2.05) is 12.1 Å². The minimum absolute atomic E-state index is 0.0934. The van der Waals surface area contributed by atoms with Crippen LogP contribution >= 0.6 is 0 Å². The Kier molecular flexibility index (Phi) is 6.94. The van der Waals surface area contributed by atoms with Gasteiger partial charge in [0.15, 0.2) is 23.1 Å². The van der Waals surface area contributed by atoms with Crippen LogP contribution in [0.25, 0.3) is 0 Å². The van der Waals surface area contributed by atoms with Crippen LogP contribution in [0.2, 0.25) is 0 Å². The van der Waals surface area contributed by atoms with Gasteiger partial charge in [0.1, 0.15) is 5.75 Å². The highest BCUT2D eigenvalue weighted by molar-refractivity contribution is 6.27. The number of allylic oxidation sites excluding steroid dienone is 2. The number of hydrogen-bond acceptors (Lipinski definition) is 6. The molecule has 4 rings (SSSR count). The summed E-state index contributed by atoms with van der Waals surface area (Å²) in [7, 11) is 1.50. The van der Waals surface area contributed by atoms with Gasteiger partial charge < -0.3 is 9.84 Å². The number of ketones is 4. The lowest BCUT2D eigenvalue weighted by atomic mass is 9.79. The second-order valence-electron chi connectivity index (χ2n) is 10.1. The van der Waals surface area contributed by atoms with Crippen LogP contribution < -0.4 is 4.74 Å². The van der Waals surface area contributed by atoms with Crippen molar-refractivity contribution in [1.82, 2.24) is 0 Å². The molecular weight excluding hydrogens is 468 g/mol. The molecule has 0 saturated heterocycles. The maximum absolute atomic E-state index is 13.7.